The van der Waals surface area contributed by atoms with Crippen LogP contribution in [0.15, 0.2) is 29.2 Å². The van der Waals surface area contributed by atoms with Crippen molar-refractivity contribution in [3.05, 3.63) is 29.8 Å². The molecule has 0 bridgehead atoms. The first kappa shape index (κ1) is 19.6. The van der Waals surface area contributed by atoms with Crippen molar-refractivity contribution in [2.75, 3.05) is 32.8 Å². The van der Waals surface area contributed by atoms with Crippen LogP contribution in [0, 0.1) is 0 Å². The Balaban J connectivity index is 0.00000242. The number of hydrogen-bond donors (Lipinski definition) is 2. The Labute approximate surface area is 138 Å². The van der Waals surface area contributed by atoms with Gasteiger partial charge in [-0.05, 0) is 35.9 Å². The van der Waals surface area contributed by atoms with E-state index in [0.717, 1.165) is 31.7 Å². The molecule has 2 rings (SSSR count). The van der Waals surface area contributed by atoms with E-state index in [2.05, 4.69) is 10.2 Å². The Morgan fingerprint density at radius 3 is 2.27 bits per heavy atom. The molecular weight excluding hydrogens is 337 g/mol. The van der Waals surface area contributed by atoms with Gasteiger partial charge in [-0.3, -0.25) is 4.90 Å². The fourth-order valence-corrected chi connectivity index (χ4v) is 3.11. The van der Waals surface area contributed by atoms with Gasteiger partial charge < -0.3 is 10.4 Å². The molecule has 1 aromatic carbocycles. The number of nitrogens with one attached hydrogen (secondary N) is 1. The molecule has 2 N–H and O–H groups in total. The fourth-order valence-electron chi connectivity index (χ4n) is 2.57. The van der Waals surface area contributed by atoms with Crippen LogP contribution in [0.25, 0.3) is 0 Å². The predicted molar refractivity (Wildman–Crippen MR) is 84.5 cm³/mol. The Morgan fingerprint density at radius 1 is 1.18 bits per heavy atom. The van der Waals surface area contributed by atoms with Crippen molar-refractivity contribution in [3.8, 4) is 0 Å². The highest BCUT2D eigenvalue weighted by molar-refractivity contribution is 8.00. The quantitative estimate of drug-likeness (QED) is 0.795. The zero-order valence-corrected chi connectivity index (χ0v) is 13.6. The number of benzene rings is 1. The lowest BCUT2D eigenvalue weighted by molar-refractivity contribution is -0.0328. The molecule has 1 heterocycles. The Hall–Kier alpha value is -0.470. The number of piperazine rings is 1. The smallest absolute Gasteiger partial charge is 0.396 e. The minimum absolute atomic E-state index is 0. The summed E-state index contributed by atoms with van der Waals surface area (Å²) >= 11 is -0.103. The number of aliphatic hydroxyl groups is 1. The summed E-state index contributed by atoms with van der Waals surface area (Å²) in [4.78, 5) is 2.45. The maximum atomic E-state index is 12.3. The summed E-state index contributed by atoms with van der Waals surface area (Å²) in [6.07, 6.45) is 0.589. The van der Waals surface area contributed by atoms with E-state index in [1.807, 2.05) is 0 Å². The standard InChI is InChI=1S/C14H19F3N2OS.ClH/c15-14(16,17)21-12-3-1-11(2-4-12)13(5-10-20)19-8-6-18-7-9-19;/h1-4,13,18,20H,5-10H2;1H/t13-;/m1./s1. The molecule has 22 heavy (non-hydrogen) atoms. The van der Waals surface area contributed by atoms with Crippen molar-refractivity contribution in [2.24, 2.45) is 0 Å². The van der Waals surface area contributed by atoms with Gasteiger partial charge in [-0.1, -0.05) is 12.1 Å². The molecule has 8 heteroatoms. The minimum atomic E-state index is -4.26. The highest BCUT2D eigenvalue weighted by Crippen LogP contribution is 2.37. The van der Waals surface area contributed by atoms with Gasteiger partial charge in [0, 0.05) is 43.7 Å². The monoisotopic (exact) mass is 356 g/mol. The molecule has 0 amide bonds. The number of thioether (sulfide) groups is 1. The summed E-state index contributed by atoms with van der Waals surface area (Å²) in [5.41, 5.74) is -3.30. The normalized spacial score (nSPS) is 17.8. The van der Waals surface area contributed by atoms with E-state index in [0.29, 0.717) is 6.42 Å². The molecular formula is C14H20ClF3N2OS. The zero-order chi connectivity index (χ0) is 15.3. The summed E-state index contributed by atoms with van der Waals surface area (Å²) in [7, 11) is 0. The van der Waals surface area contributed by atoms with E-state index < -0.39 is 5.51 Å². The van der Waals surface area contributed by atoms with Gasteiger partial charge in [0.05, 0.1) is 0 Å². The van der Waals surface area contributed by atoms with Gasteiger partial charge in [-0.25, -0.2) is 0 Å². The van der Waals surface area contributed by atoms with Crippen LogP contribution in [-0.2, 0) is 0 Å². The third kappa shape index (κ3) is 5.96. The molecule has 1 fully saturated rings. The molecule has 0 saturated carbocycles. The largest absolute Gasteiger partial charge is 0.446 e. The number of halogens is 4. The van der Waals surface area contributed by atoms with Gasteiger partial charge in [0.15, 0.2) is 0 Å². The van der Waals surface area contributed by atoms with Crippen molar-refractivity contribution in [1.29, 1.82) is 0 Å². The molecule has 0 radical (unpaired) electrons. The second-order valence-corrected chi connectivity index (χ2v) is 6.07. The van der Waals surface area contributed by atoms with Gasteiger partial charge in [-0.2, -0.15) is 13.2 Å². The third-order valence-electron chi connectivity index (χ3n) is 3.49. The highest BCUT2D eigenvalue weighted by Gasteiger charge is 2.29. The van der Waals surface area contributed by atoms with Crippen molar-refractivity contribution < 1.29 is 18.3 Å². The number of aliphatic hydroxyl groups excluding tert-OH is 1. The lowest BCUT2D eigenvalue weighted by Gasteiger charge is -2.35. The van der Waals surface area contributed by atoms with Gasteiger partial charge >= 0.3 is 5.51 Å². The highest BCUT2D eigenvalue weighted by atomic mass is 35.5. The summed E-state index contributed by atoms with van der Waals surface area (Å²) < 4.78 is 37.0. The van der Waals surface area contributed by atoms with Crippen LogP contribution in [0.5, 0.6) is 0 Å². The summed E-state index contributed by atoms with van der Waals surface area (Å²) in [6, 6.07) is 6.52. The average molecular weight is 357 g/mol. The minimum Gasteiger partial charge on any atom is -0.396 e. The van der Waals surface area contributed by atoms with E-state index in [-0.39, 0.29) is 41.7 Å². The predicted octanol–water partition coefficient (Wildman–Crippen LogP) is 3.05. The molecule has 1 saturated heterocycles. The molecule has 1 atom stereocenters. The maximum absolute atomic E-state index is 12.3. The van der Waals surface area contributed by atoms with Crippen LogP contribution in [0.3, 0.4) is 0 Å². The summed E-state index contributed by atoms with van der Waals surface area (Å²) in [6.45, 7) is 3.61. The average Bonchev–Trinajstić information content (AvgIpc) is 2.45. The summed E-state index contributed by atoms with van der Waals surface area (Å²) in [5.74, 6) is 0. The topological polar surface area (TPSA) is 35.5 Å². The van der Waals surface area contributed by atoms with E-state index >= 15 is 0 Å². The molecule has 0 aliphatic carbocycles. The number of rotatable bonds is 5. The molecule has 1 aliphatic heterocycles. The Kier molecular flexibility index (Phi) is 7.99. The molecule has 0 unspecified atom stereocenters. The van der Waals surface area contributed by atoms with Crippen LogP contribution in [0.4, 0.5) is 13.2 Å². The van der Waals surface area contributed by atoms with Crippen molar-refractivity contribution in [3.63, 3.8) is 0 Å². The van der Waals surface area contributed by atoms with E-state index in [4.69, 9.17) is 0 Å². The van der Waals surface area contributed by atoms with Crippen molar-refractivity contribution >= 4 is 24.2 Å². The summed E-state index contributed by atoms with van der Waals surface area (Å²) in [5, 5.41) is 12.5. The Morgan fingerprint density at radius 2 is 1.77 bits per heavy atom. The second-order valence-electron chi connectivity index (χ2n) is 4.93. The number of hydrogen-bond acceptors (Lipinski definition) is 4. The lowest BCUT2D eigenvalue weighted by atomic mass is 10.0. The molecule has 3 nitrogen and oxygen atoms in total. The van der Waals surface area contributed by atoms with Crippen LogP contribution < -0.4 is 5.32 Å². The van der Waals surface area contributed by atoms with Crippen LogP contribution in [0.2, 0.25) is 0 Å². The molecule has 126 valence electrons. The van der Waals surface area contributed by atoms with Gasteiger partial charge in [-0.15, -0.1) is 12.4 Å². The molecule has 0 spiro atoms. The van der Waals surface area contributed by atoms with Crippen LogP contribution in [0.1, 0.15) is 18.0 Å². The first-order chi connectivity index (χ1) is 9.99. The molecule has 1 aliphatic rings. The van der Waals surface area contributed by atoms with Crippen LogP contribution in [-0.4, -0.2) is 48.3 Å². The first-order valence-electron chi connectivity index (χ1n) is 6.91. The van der Waals surface area contributed by atoms with Gasteiger partial charge in [0.2, 0.25) is 0 Å². The van der Waals surface area contributed by atoms with Gasteiger partial charge in [0.1, 0.15) is 0 Å². The van der Waals surface area contributed by atoms with Gasteiger partial charge in [0.25, 0.3) is 0 Å². The van der Waals surface area contributed by atoms with E-state index in [1.54, 1.807) is 12.1 Å². The van der Waals surface area contributed by atoms with Crippen molar-refractivity contribution in [1.82, 2.24) is 10.2 Å². The van der Waals surface area contributed by atoms with E-state index in [1.165, 1.54) is 12.1 Å². The SMILES string of the molecule is Cl.OCC[C@H](c1ccc(SC(F)(F)F)cc1)N1CCNCC1. The third-order valence-corrected chi connectivity index (χ3v) is 4.23. The molecule has 1 aromatic rings. The maximum Gasteiger partial charge on any atom is 0.446 e. The lowest BCUT2D eigenvalue weighted by Crippen LogP contribution is -2.45. The van der Waals surface area contributed by atoms with Crippen molar-refractivity contribution in [2.45, 2.75) is 22.9 Å². The Bertz CT molecular complexity index is 439. The second kappa shape index (κ2) is 8.98. The van der Waals surface area contributed by atoms with E-state index in [9.17, 15) is 18.3 Å². The zero-order valence-electron chi connectivity index (χ0n) is 12.0. The molecule has 0 aromatic heterocycles. The number of alkyl halides is 3. The number of nitrogens with zero attached hydrogens (tertiary/aromatic N) is 1. The fraction of sp³-hybridized carbons (Fsp3) is 0.571. The van der Waals surface area contributed by atoms with Crippen LogP contribution >= 0.6 is 24.2 Å². The first-order valence-corrected chi connectivity index (χ1v) is 7.72.